The second-order valence-electron chi connectivity index (χ2n) is 3.63. The summed E-state index contributed by atoms with van der Waals surface area (Å²) in [5, 5.41) is 3.43. The highest BCUT2D eigenvalue weighted by atomic mass is 16.3. The van der Waals surface area contributed by atoms with E-state index in [0.717, 1.165) is 18.2 Å². The van der Waals surface area contributed by atoms with Crippen LogP contribution < -0.4 is 5.32 Å². The van der Waals surface area contributed by atoms with Crippen LogP contribution in [0.1, 0.15) is 25.5 Å². The van der Waals surface area contributed by atoms with Crippen LogP contribution in [0.3, 0.4) is 0 Å². The number of hydrogen-bond donors (Lipinski definition) is 1. The van der Waals surface area contributed by atoms with Gasteiger partial charge in [0.25, 0.3) is 0 Å². The monoisotopic (exact) mass is 166 g/mol. The van der Waals surface area contributed by atoms with Crippen molar-refractivity contribution < 1.29 is 4.42 Å². The summed E-state index contributed by atoms with van der Waals surface area (Å²) in [5.74, 6) is 0.903. The Kier molecular flexibility index (Phi) is 2.13. The molecule has 0 spiro atoms. The lowest BCUT2D eigenvalue weighted by Gasteiger charge is -2.33. The Bertz CT molecular complexity index is 227. The first-order chi connectivity index (χ1) is 5.84. The summed E-state index contributed by atoms with van der Waals surface area (Å²) in [6.07, 6.45) is 5.77. The predicted octanol–water partition coefficient (Wildman–Crippen LogP) is 1.56. The van der Waals surface area contributed by atoms with Crippen LogP contribution in [0.4, 0.5) is 0 Å². The minimum Gasteiger partial charge on any atom is -0.451 e. The normalized spacial score (nSPS) is 28.4. The highest BCUT2D eigenvalue weighted by Gasteiger charge is 2.24. The number of nitrogens with one attached hydrogen (secondary N) is 1. The summed E-state index contributed by atoms with van der Waals surface area (Å²) in [6, 6.07) is 0.705. The molecule has 3 nitrogen and oxygen atoms in total. The van der Waals surface area contributed by atoms with E-state index in [0.29, 0.717) is 6.04 Å². The fraction of sp³-hybridized carbons (Fsp3) is 0.667. The van der Waals surface area contributed by atoms with Crippen LogP contribution in [-0.4, -0.2) is 11.0 Å². The third-order valence-electron chi connectivity index (χ3n) is 2.43. The van der Waals surface area contributed by atoms with Crippen molar-refractivity contribution in [2.24, 2.45) is 5.92 Å². The van der Waals surface area contributed by atoms with Gasteiger partial charge in [-0.1, -0.05) is 6.92 Å². The van der Waals surface area contributed by atoms with Gasteiger partial charge in [-0.25, -0.2) is 4.98 Å². The summed E-state index contributed by atoms with van der Waals surface area (Å²) >= 11 is 0. The molecule has 0 radical (unpaired) electrons. The molecule has 1 aliphatic rings. The van der Waals surface area contributed by atoms with Gasteiger partial charge in [0.15, 0.2) is 6.39 Å². The maximum absolute atomic E-state index is 4.87. The van der Waals surface area contributed by atoms with Crippen LogP contribution in [0.25, 0.3) is 0 Å². The van der Waals surface area contributed by atoms with Crippen molar-refractivity contribution in [2.75, 3.05) is 0 Å². The lowest BCUT2D eigenvalue weighted by Crippen LogP contribution is -2.39. The second-order valence-corrected chi connectivity index (χ2v) is 3.63. The summed E-state index contributed by atoms with van der Waals surface area (Å²) in [7, 11) is 0. The molecular formula is C9H14N2O. The van der Waals surface area contributed by atoms with E-state index in [2.05, 4.69) is 17.2 Å². The van der Waals surface area contributed by atoms with E-state index >= 15 is 0 Å². The zero-order valence-electron chi connectivity index (χ0n) is 7.29. The van der Waals surface area contributed by atoms with Gasteiger partial charge in [0.1, 0.15) is 6.26 Å². The molecule has 1 aromatic rings. The Morgan fingerprint density at radius 1 is 1.67 bits per heavy atom. The van der Waals surface area contributed by atoms with Crippen molar-refractivity contribution in [3.8, 4) is 0 Å². The standard InChI is InChI=1S/C9H14N2O/c1-7-2-8(3-7)10-4-9-5-12-6-11-9/h5-8,10H,2-4H2,1H3. The van der Waals surface area contributed by atoms with E-state index in [1.165, 1.54) is 19.2 Å². The molecule has 0 unspecified atom stereocenters. The average Bonchev–Trinajstić information content (AvgIpc) is 2.47. The molecule has 1 heterocycles. The molecule has 0 aliphatic heterocycles. The molecule has 1 N–H and O–H groups in total. The van der Waals surface area contributed by atoms with Crippen molar-refractivity contribution in [3.63, 3.8) is 0 Å². The molecular weight excluding hydrogens is 152 g/mol. The topological polar surface area (TPSA) is 38.1 Å². The van der Waals surface area contributed by atoms with Crippen molar-refractivity contribution in [3.05, 3.63) is 18.4 Å². The molecule has 1 saturated carbocycles. The maximum Gasteiger partial charge on any atom is 0.180 e. The highest BCUT2D eigenvalue weighted by Crippen LogP contribution is 2.26. The van der Waals surface area contributed by atoms with E-state index in [1.807, 2.05) is 0 Å². The van der Waals surface area contributed by atoms with E-state index in [1.54, 1.807) is 6.26 Å². The Morgan fingerprint density at radius 3 is 3.08 bits per heavy atom. The van der Waals surface area contributed by atoms with Crippen molar-refractivity contribution >= 4 is 0 Å². The first-order valence-electron chi connectivity index (χ1n) is 4.45. The maximum atomic E-state index is 4.87. The zero-order chi connectivity index (χ0) is 8.39. The van der Waals surface area contributed by atoms with Gasteiger partial charge in [0, 0.05) is 12.6 Å². The molecule has 1 fully saturated rings. The molecule has 0 aromatic carbocycles. The molecule has 66 valence electrons. The Hall–Kier alpha value is -0.830. The SMILES string of the molecule is CC1CC(NCc2cocn2)C1. The van der Waals surface area contributed by atoms with E-state index in [9.17, 15) is 0 Å². The Morgan fingerprint density at radius 2 is 2.50 bits per heavy atom. The Balaban J connectivity index is 1.70. The largest absolute Gasteiger partial charge is 0.451 e. The summed E-state index contributed by atoms with van der Waals surface area (Å²) in [6.45, 7) is 3.13. The third-order valence-corrected chi connectivity index (χ3v) is 2.43. The summed E-state index contributed by atoms with van der Waals surface area (Å²) in [4.78, 5) is 4.04. The lowest BCUT2D eigenvalue weighted by molar-refractivity contribution is 0.239. The van der Waals surface area contributed by atoms with Gasteiger partial charge in [-0.15, -0.1) is 0 Å². The number of rotatable bonds is 3. The summed E-state index contributed by atoms with van der Waals surface area (Å²) < 4.78 is 4.87. The third kappa shape index (κ3) is 1.67. The average molecular weight is 166 g/mol. The quantitative estimate of drug-likeness (QED) is 0.740. The first-order valence-corrected chi connectivity index (χ1v) is 4.45. The first kappa shape index (κ1) is 7.80. The lowest BCUT2D eigenvalue weighted by atomic mass is 9.82. The van der Waals surface area contributed by atoms with Gasteiger partial charge in [-0.2, -0.15) is 0 Å². The molecule has 2 rings (SSSR count). The van der Waals surface area contributed by atoms with Crippen LogP contribution >= 0.6 is 0 Å². The number of aromatic nitrogens is 1. The van der Waals surface area contributed by atoms with Crippen LogP contribution in [0.15, 0.2) is 17.1 Å². The van der Waals surface area contributed by atoms with Crippen molar-refractivity contribution in [1.29, 1.82) is 0 Å². The zero-order valence-corrected chi connectivity index (χ0v) is 7.29. The van der Waals surface area contributed by atoms with E-state index in [4.69, 9.17) is 4.42 Å². The molecule has 1 aliphatic carbocycles. The molecule has 0 bridgehead atoms. The minimum absolute atomic E-state index is 0.705. The van der Waals surface area contributed by atoms with Gasteiger partial charge >= 0.3 is 0 Å². The van der Waals surface area contributed by atoms with Crippen LogP contribution in [0.2, 0.25) is 0 Å². The fourth-order valence-corrected chi connectivity index (χ4v) is 1.64. The van der Waals surface area contributed by atoms with Crippen LogP contribution in [0, 0.1) is 5.92 Å². The van der Waals surface area contributed by atoms with Gasteiger partial charge in [-0.3, -0.25) is 0 Å². The predicted molar refractivity (Wildman–Crippen MR) is 45.5 cm³/mol. The Labute approximate surface area is 72.2 Å². The van der Waals surface area contributed by atoms with E-state index < -0.39 is 0 Å². The van der Waals surface area contributed by atoms with Crippen LogP contribution in [-0.2, 0) is 6.54 Å². The molecule has 0 amide bonds. The van der Waals surface area contributed by atoms with Gasteiger partial charge in [0.05, 0.1) is 5.69 Å². The molecule has 3 heteroatoms. The smallest absolute Gasteiger partial charge is 0.180 e. The summed E-state index contributed by atoms with van der Waals surface area (Å²) in [5.41, 5.74) is 0.995. The van der Waals surface area contributed by atoms with Crippen LogP contribution in [0.5, 0.6) is 0 Å². The van der Waals surface area contributed by atoms with Gasteiger partial charge in [0.2, 0.25) is 0 Å². The van der Waals surface area contributed by atoms with Gasteiger partial charge in [-0.05, 0) is 18.8 Å². The van der Waals surface area contributed by atoms with Gasteiger partial charge < -0.3 is 9.73 Å². The molecule has 1 aromatic heterocycles. The number of nitrogens with zero attached hydrogens (tertiary/aromatic N) is 1. The molecule has 0 saturated heterocycles. The van der Waals surface area contributed by atoms with Crippen molar-refractivity contribution in [2.45, 2.75) is 32.4 Å². The highest BCUT2D eigenvalue weighted by molar-refractivity contribution is 4.92. The number of oxazole rings is 1. The van der Waals surface area contributed by atoms with Crippen molar-refractivity contribution in [1.82, 2.24) is 10.3 Å². The molecule has 0 atom stereocenters. The van der Waals surface area contributed by atoms with E-state index in [-0.39, 0.29) is 0 Å². The minimum atomic E-state index is 0.705. The fourth-order valence-electron chi connectivity index (χ4n) is 1.64. The number of hydrogen-bond acceptors (Lipinski definition) is 3. The second kappa shape index (κ2) is 3.27. The molecule has 12 heavy (non-hydrogen) atoms.